The van der Waals surface area contributed by atoms with Crippen LogP contribution in [0, 0.1) is 34.1 Å². The van der Waals surface area contributed by atoms with Gasteiger partial charge in [0, 0.05) is 22.1 Å². The molecule has 0 aliphatic heterocycles. The van der Waals surface area contributed by atoms with Crippen LogP contribution in [0.15, 0.2) is 0 Å². The first-order valence-corrected chi connectivity index (χ1v) is 6.50. The molecule has 0 bridgehead atoms. The van der Waals surface area contributed by atoms with Gasteiger partial charge in [-0.15, -0.1) is 0 Å². The normalized spacial score (nSPS) is 11.4. The molecule has 0 aliphatic carbocycles. The molecule has 22 heavy (non-hydrogen) atoms. The molecule has 0 atom stereocenters. The molecule has 120 valence electrons. The molecule has 8 heteroatoms. The molecule has 1 aromatic rings. The van der Waals surface area contributed by atoms with Crippen LogP contribution in [0.1, 0.15) is 47.8 Å². The summed E-state index contributed by atoms with van der Waals surface area (Å²) in [5, 5.41) is 22.8. The van der Waals surface area contributed by atoms with E-state index in [2.05, 4.69) is 0 Å². The van der Waals surface area contributed by atoms with Crippen LogP contribution in [-0.2, 0) is 5.41 Å². The van der Waals surface area contributed by atoms with Crippen molar-refractivity contribution in [1.29, 1.82) is 0 Å². The zero-order valence-corrected chi connectivity index (χ0v) is 13.0. The van der Waals surface area contributed by atoms with Gasteiger partial charge in [-0.1, -0.05) is 20.8 Å². The maximum absolute atomic E-state index is 12.7. The Labute approximate surface area is 126 Å². The van der Waals surface area contributed by atoms with Gasteiger partial charge in [0.1, 0.15) is 5.56 Å². The first-order valence-electron chi connectivity index (χ1n) is 6.50. The average molecular weight is 312 g/mol. The second-order valence-electron chi connectivity index (χ2n) is 6.02. The first kappa shape index (κ1) is 17.7. The zero-order valence-electron chi connectivity index (χ0n) is 13.0. The van der Waals surface area contributed by atoms with Gasteiger partial charge in [0.2, 0.25) is 0 Å². The van der Waals surface area contributed by atoms with Gasteiger partial charge in [0.25, 0.3) is 11.4 Å². The van der Waals surface area contributed by atoms with Crippen molar-refractivity contribution in [2.45, 2.75) is 40.0 Å². The summed E-state index contributed by atoms with van der Waals surface area (Å²) < 4.78 is 12.7. The fourth-order valence-electron chi connectivity index (χ4n) is 2.66. The van der Waals surface area contributed by atoms with Crippen LogP contribution in [0.2, 0.25) is 0 Å². The van der Waals surface area contributed by atoms with Crippen molar-refractivity contribution >= 4 is 17.2 Å². The Morgan fingerprint density at radius 2 is 1.41 bits per heavy atom. The fraction of sp³-hybridized carbons (Fsp3) is 0.500. The van der Waals surface area contributed by atoms with Crippen molar-refractivity contribution < 1.29 is 19.0 Å². The van der Waals surface area contributed by atoms with Gasteiger partial charge in [-0.05, 0) is 13.8 Å². The molecule has 1 aromatic carbocycles. The zero-order chi connectivity index (χ0) is 17.4. The van der Waals surface area contributed by atoms with Crippen molar-refractivity contribution in [1.82, 2.24) is 0 Å². The molecule has 0 saturated heterocycles. The molecule has 7 nitrogen and oxygen atoms in total. The number of Topliss-reactive ketones (excluding diaryl/α,β-unsaturated/α-hetero) is 1. The summed E-state index contributed by atoms with van der Waals surface area (Å²) in [6, 6.07) is 0. The third-order valence-electron chi connectivity index (χ3n) is 3.45. The Bertz CT molecular complexity index is 636. The Kier molecular flexibility index (Phi) is 4.64. The maximum Gasteiger partial charge on any atom is 0.283 e. The third-order valence-corrected chi connectivity index (χ3v) is 3.45. The number of nitro benzene ring substituents is 2. The van der Waals surface area contributed by atoms with Gasteiger partial charge >= 0.3 is 0 Å². The van der Waals surface area contributed by atoms with E-state index in [1.54, 1.807) is 20.8 Å². The number of carbonyl (C=O) groups is 1. The van der Waals surface area contributed by atoms with E-state index in [0.29, 0.717) is 0 Å². The van der Waals surface area contributed by atoms with Crippen LogP contribution in [0.4, 0.5) is 15.8 Å². The number of halogens is 1. The summed E-state index contributed by atoms with van der Waals surface area (Å²) in [5.41, 5.74) is -2.32. The van der Waals surface area contributed by atoms with E-state index in [9.17, 15) is 29.4 Å². The second-order valence-corrected chi connectivity index (χ2v) is 6.02. The number of ketones is 1. The van der Waals surface area contributed by atoms with Gasteiger partial charge in [0.05, 0.1) is 9.85 Å². The molecule has 0 unspecified atom stereocenters. The SMILES string of the molecule is Cc1c(C(=O)CF)c(C)c([N+](=O)[O-])c(C(C)(C)C)c1[N+](=O)[O-]. The van der Waals surface area contributed by atoms with Crippen molar-refractivity contribution in [3.63, 3.8) is 0 Å². The number of hydrogen-bond donors (Lipinski definition) is 0. The predicted octanol–water partition coefficient (Wildman–Crippen LogP) is 3.57. The van der Waals surface area contributed by atoms with E-state index < -0.39 is 39.1 Å². The average Bonchev–Trinajstić information content (AvgIpc) is 2.35. The topological polar surface area (TPSA) is 103 Å². The largest absolute Gasteiger partial charge is 0.291 e. The molecular formula is C14H17FN2O5. The van der Waals surface area contributed by atoms with Gasteiger partial charge in [0.15, 0.2) is 12.5 Å². The summed E-state index contributed by atoms with van der Waals surface area (Å²) >= 11 is 0. The Morgan fingerprint density at radius 1 is 1.05 bits per heavy atom. The standard InChI is InChI=1S/C14H17FN2O5/c1-7-10(9(18)6-15)8(2)13(17(21)22)11(14(3,4)5)12(7)16(19)20/h6H2,1-5H3. The van der Waals surface area contributed by atoms with Crippen LogP contribution in [0.5, 0.6) is 0 Å². The van der Waals surface area contributed by atoms with E-state index in [1.165, 1.54) is 13.8 Å². The highest BCUT2D eigenvalue weighted by molar-refractivity contribution is 6.02. The van der Waals surface area contributed by atoms with Crippen LogP contribution >= 0.6 is 0 Å². The monoisotopic (exact) mass is 312 g/mol. The summed E-state index contributed by atoms with van der Waals surface area (Å²) in [7, 11) is 0. The lowest BCUT2D eigenvalue weighted by Crippen LogP contribution is -2.21. The van der Waals surface area contributed by atoms with E-state index in [1.807, 2.05) is 0 Å². The number of rotatable bonds is 4. The lowest BCUT2D eigenvalue weighted by molar-refractivity contribution is -0.397. The van der Waals surface area contributed by atoms with Gasteiger partial charge < -0.3 is 0 Å². The molecule has 0 saturated carbocycles. The molecular weight excluding hydrogens is 295 g/mol. The van der Waals surface area contributed by atoms with E-state index in [-0.39, 0.29) is 22.3 Å². The number of carbonyl (C=O) groups excluding carboxylic acids is 1. The molecule has 1 rings (SSSR count). The first-order chi connectivity index (χ1) is 9.95. The lowest BCUT2D eigenvalue weighted by Gasteiger charge is -2.22. The minimum atomic E-state index is -1.37. The van der Waals surface area contributed by atoms with Crippen LogP contribution in [-0.4, -0.2) is 22.3 Å². The van der Waals surface area contributed by atoms with E-state index in [0.717, 1.165) is 0 Å². The minimum absolute atomic E-state index is 0.0410. The number of hydrogen-bond acceptors (Lipinski definition) is 5. The fourth-order valence-corrected chi connectivity index (χ4v) is 2.66. The van der Waals surface area contributed by atoms with Crippen LogP contribution in [0.25, 0.3) is 0 Å². The molecule has 0 aliphatic rings. The minimum Gasteiger partial charge on any atom is -0.291 e. The van der Waals surface area contributed by atoms with Crippen LogP contribution in [0.3, 0.4) is 0 Å². The second kappa shape index (κ2) is 5.78. The molecule has 0 fully saturated rings. The van der Waals surface area contributed by atoms with Crippen molar-refractivity contribution in [3.05, 3.63) is 42.5 Å². The number of nitrogens with zero attached hydrogens (tertiary/aromatic N) is 2. The highest BCUT2D eigenvalue weighted by Crippen LogP contribution is 2.44. The van der Waals surface area contributed by atoms with Gasteiger partial charge in [-0.25, -0.2) is 4.39 Å². The Balaban J connectivity index is 4.14. The highest BCUT2D eigenvalue weighted by Gasteiger charge is 2.40. The summed E-state index contributed by atoms with van der Waals surface area (Å²) in [6.45, 7) is 6.08. The number of nitro groups is 2. The Morgan fingerprint density at radius 3 is 1.64 bits per heavy atom. The summed E-state index contributed by atoms with van der Waals surface area (Å²) in [5.74, 6) is -0.998. The van der Waals surface area contributed by atoms with Crippen molar-refractivity contribution in [2.24, 2.45) is 0 Å². The smallest absolute Gasteiger partial charge is 0.283 e. The van der Waals surface area contributed by atoms with E-state index >= 15 is 0 Å². The molecule has 0 amide bonds. The highest BCUT2D eigenvalue weighted by atomic mass is 19.1. The molecule has 0 N–H and O–H groups in total. The third kappa shape index (κ3) is 2.81. The summed E-state index contributed by atoms with van der Waals surface area (Å²) in [6.07, 6.45) is 0. The van der Waals surface area contributed by atoms with Crippen molar-refractivity contribution in [3.8, 4) is 0 Å². The number of alkyl halides is 1. The van der Waals surface area contributed by atoms with Gasteiger partial charge in [-0.2, -0.15) is 0 Å². The van der Waals surface area contributed by atoms with Crippen LogP contribution < -0.4 is 0 Å². The lowest BCUT2D eigenvalue weighted by atomic mass is 9.80. The quantitative estimate of drug-likeness (QED) is 0.480. The van der Waals surface area contributed by atoms with Gasteiger partial charge in [-0.3, -0.25) is 25.0 Å². The molecule has 0 aromatic heterocycles. The molecule has 0 heterocycles. The number of benzene rings is 1. The summed E-state index contributed by atoms with van der Waals surface area (Å²) in [4.78, 5) is 33.1. The van der Waals surface area contributed by atoms with Crippen molar-refractivity contribution in [2.75, 3.05) is 6.67 Å². The molecule has 0 radical (unpaired) electrons. The molecule has 0 spiro atoms. The maximum atomic E-state index is 12.7. The predicted molar refractivity (Wildman–Crippen MR) is 78.2 cm³/mol. The Hall–Kier alpha value is -2.38. The van der Waals surface area contributed by atoms with E-state index in [4.69, 9.17) is 0 Å².